The fourth-order valence-electron chi connectivity index (χ4n) is 1.25. The highest BCUT2D eigenvalue weighted by molar-refractivity contribution is 5.87. The normalized spacial score (nSPS) is 14.8. The predicted molar refractivity (Wildman–Crippen MR) is 57.3 cm³/mol. The molecule has 0 N–H and O–H groups in total. The smallest absolute Gasteiger partial charge is 0.317 e. The number of ether oxygens (including phenoxy) is 1. The van der Waals surface area contributed by atoms with E-state index in [1.165, 1.54) is 13.2 Å². The number of aliphatic carboxylic acids is 1. The van der Waals surface area contributed by atoms with Crippen molar-refractivity contribution >= 4 is 18.2 Å². The van der Waals surface area contributed by atoms with Crippen LogP contribution < -0.4 is 5.11 Å². The van der Waals surface area contributed by atoms with Gasteiger partial charge in [0.05, 0.1) is 21.1 Å². The fraction of sp³-hybridized carbons (Fsp3) is 0.727. The number of carbonyl (C=O) groups excluding carboxylic acids is 3. The van der Waals surface area contributed by atoms with Crippen molar-refractivity contribution in [3.05, 3.63) is 0 Å². The van der Waals surface area contributed by atoms with Gasteiger partial charge in [0, 0.05) is 12.4 Å². The van der Waals surface area contributed by atoms with Crippen molar-refractivity contribution in [1.29, 1.82) is 0 Å². The van der Waals surface area contributed by atoms with Gasteiger partial charge >= 0.3 is 5.97 Å². The third-order valence-electron chi connectivity index (χ3n) is 1.96. The predicted octanol–water partition coefficient (Wildman–Crippen LogP) is -1.51. The van der Waals surface area contributed by atoms with Gasteiger partial charge in [-0.1, -0.05) is 0 Å². The van der Waals surface area contributed by atoms with Crippen molar-refractivity contribution in [2.24, 2.45) is 5.92 Å². The molecule has 0 aromatic heterocycles. The Hall–Kier alpha value is -1.43. The van der Waals surface area contributed by atoms with Gasteiger partial charge in [-0.3, -0.25) is 9.59 Å². The van der Waals surface area contributed by atoms with Crippen LogP contribution >= 0.6 is 0 Å². The number of rotatable bonds is 7. The highest BCUT2D eigenvalue weighted by atomic mass is 16.5. The van der Waals surface area contributed by atoms with Gasteiger partial charge in [0.15, 0.2) is 6.10 Å². The van der Waals surface area contributed by atoms with E-state index in [1.54, 1.807) is 0 Å². The second-order valence-electron chi connectivity index (χ2n) is 4.95. The van der Waals surface area contributed by atoms with Gasteiger partial charge in [-0.05, 0) is 6.92 Å². The van der Waals surface area contributed by atoms with Gasteiger partial charge in [-0.2, -0.15) is 0 Å². The number of esters is 1. The minimum Gasteiger partial charge on any atom is -0.550 e. The number of quaternary nitrogens is 1. The van der Waals surface area contributed by atoms with Crippen LogP contribution in [-0.4, -0.2) is 56.5 Å². The summed E-state index contributed by atoms with van der Waals surface area (Å²) in [7, 11) is 5.52. The first-order valence-corrected chi connectivity index (χ1v) is 5.24. The average molecular weight is 244 g/mol. The molecule has 0 rings (SSSR count). The lowest BCUT2D eigenvalue weighted by Crippen LogP contribution is -2.45. The summed E-state index contributed by atoms with van der Waals surface area (Å²) in [6.07, 6.45) is 0.309. The molecule has 2 unspecified atom stereocenters. The zero-order valence-corrected chi connectivity index (χ0v) is 10.6. The molecule has 0 aliphatic carbocycles. The molecule has 0 aromatic rings. The molecule has 0 aromatic carbocycles. The van der Waals surface area contributed by atoms with Gasteiger partial charge in [0.1, 0.15) is 12.5 Å². The monoisotopic (exact) mass is 244 g/mol. The summed E-state index contributed by atoms with van der Waals surface area (Å²) in [5.41, 5.74) is 0. The second-order valence-corrected chi connectivity index (χ2v) is 4.95. The molecule has 0 heterocycles. The van der Waals surface area contributed by atoms with Crippen molar-refractivity contribution in [3.63, 3.8) is 0 Å². The lowest BCUT2D eigenvalue weighted by Gasteiger charge is -2.29. The molecule has 1 radical (unpaired) electrons. The number of carbonyl (C=O) groups is 2. The molecule has 0 fully saturated rings. The summed E-state index contributed by atoms with van der Waals surface area (Å²) in [4.78, 5) is 32.2. The molecule has 0 amide bonds. The number of likely N-dealkylation sites (N-methyl/N-ethyl adjacent to an activating group) is 1. The summed E-state index contributed by atoms with van der Waals surface area (Å²) in [5, 5.41) is 10.5. The summed E-state index contributed by atoms with van der Waals surface area (Å²) in [6.45, 7) is 1.67. The standard InChI is InChI=1S/C11H18NO5/c1-8(7-13)11(16)17-9(5-10(14)15)6-12(2,3)4/h8-9H,5-6H2,1-4H3. The van der Waals surface area contributed by atoms with Crippen LogP contribution in [0.15, 0.2) is 0 Å². The molecule has 0 aliphatic heterocycles. The van der Waals surface area contributed by atoms with Crippen LogP contribution in [0, 0.1) is 5.92 Å². The zero-order valence-electron chi connectivity index (χ0n) is 10.6. The number of carboxylic acids is 1. The van der Waals surface area contributed by atoms with Gasteiger partial charge < -0.3 is 19.1 Å². The molecule has 0 aliphatic rings. The van der Waals surface area contributed by atoms with E-state index in [2.05, 4.69) is 0 Å². The van der Waals surface area contributed by atoms with Crippen LogP contribution in [0.5, 0.6) is 0 Å². The largest absolute Gasteiger partial charge is 0.550 e. The maximum atomic E-state index is 11.3. The van der Waals surface area contributed by atoms with Crippen LogP contribution in [0.1, 0.15) is 13.3 Å². The van der Waals surface area contributed by atoms with E-state index in [9.17, 15) is 19.5 Å². The van der Waals surface area contributed by atoms with Crippen molar-refractivity contribution < 1.29 is 28.7 Å². The van der Waals surface area contributed by atoms with Crippen molar-refractivity contribution in [1.82, 2.24) is 0 Å². The Morgan fingerprint density at radius 3 is 2.24 bits per heavy atom. The first-order valence-electron chi connectivity index (χ1n) is 5.24. The number of nitrogens with zero attached hydrogens (tertiary/aromatic N) is 1. The van der Waals surface area contributed by atoms with Crippen molar-refractivity contribution in [2.45, 2.75) is 19.4 Å². The minimum atomic E-state index is -1.29. The van der Waals surface area contributed by atoms with Crippen molar-refractivity contribution in [2.75, 3.05) is 27.7 Å². The van der Waals surface area contributed by atoms with Gasteiger partial charge in [0.25, 0.3) is 0 Å². The maximum Gasteiger partial charge on any atom is 0.317 e. The Morgan fingerprint density at radius 2 is 1.88 bits per heavy atom. The molecule has 0 spiro atoms. The van der Waals surface area contributed by atoms with E-state index < -0.39 is 24.0 Å². The Balaban J connectivity index is 4.53. The number of hydrogen-bond donors (Lipinski definition) is 0. The van der Waals surface area contributed by atoms with Crippen LogP contribution in [0.4, 0.5) is 0 Å². The Morgan fingerprint density at radius 1 is 1.35 bits per heavy atom. The third kappa shape index (κ3) is 7.46. The van der Waals surface area contributed by atoms with Crippen LogP contribution in [0.3, 0.4) is 0 Å². The highest BCUT2D eigenvalue weighted by Crippen LogP contribution is 2.07. The SMILES string of the molecule is CC([C]=O)C(=O)OC(CC(=O)[O-])C[N+](C)(C)C. The molecule has 0 saturated heterocycles. The Kier molecular flexibility index (Phi) is 5.81. The molecular formula is C11H18NO5. The van der Waals surface area contributed by atoms with Gasteiger partial charge in [-0.25, -0.2) is 0 Å². The highest BCUT2D eigenvalue weighted by Gasteiger charge is 2.25. The zero-order chi connectivity index (χ0) is 13.6. The molecular weight excluding hydrogens is 226 g/mol. The first-order chi connectivity index (χ1) is 7.65. The number of carboxylic acid groups (broad SMARTS) is 1. The van der Waals surface area contributed by atoms with E-state index in [0.29, 0.717) is 11.0 Å². The quantitative estimate of drug-likeness (QED) is 0.309. The van der Waals surface area contributed by atoms with Crippen LogP contribution in [-0.2, 0) is 19.1 Å². The molecule has 97 valence electrons. The third-order valence-corrected chi connectivity index (χ3v) is 1.96. The van der Waals surface area contributed by atoms with E-state index in [-0.39, 0.29) is 6.42 Å². The molecule has 0 bridgehead atoms. The molecule has 2 atom stereocenters. The maximum absolute atomic E-state index is 11.3. The summed E-state index contributed by atoms with van der Waals surface area (Å²) < 4.78 is 5.39. The first kappa shape index (κ1) is 15.6. The fourth-order valence-corrected chi connectivity index (χ4v) is 1.25. The molecule has 6 heteroatoms. The summed E-state index contributed by atoms with van der Waals surface area (Å²) in [5.74, 6) is -3.06. The van der Waals surface area contributed by atoms with Crippen molar-refractivity contribution in [3.8, 4) is 0 Å². The van der Waals surface area contributed by atoms with E-state index in [1.807, 2.05) is 21.1 Å². The molecule has 17 heavy (non-hydrogen) atoms. The van der Waals surface area contributed by atoms with Crippen LogP contribution in [0.25, 0.3) is 0 Å². The van der Waals surface area contributed by atoms with Crippen LogP contribution in [0.2, 0.25) is 0 Å². The minimum absolute atomic E-state index is 0.325. The molecule has 6 nitrogen and oxygen atoms in total. The van der Waals surface area contributed by atoms with Gasteiger partial charge in [-0.15, -0.1) is 0 Å². The van der Waals surface area contributed by atoms with E-state index >= 15 is 0 Å². The van der Waals surface area contributed by atoms with Gasteiger partial charge in [0.2, 0.25) is 6.29 Å². The lowest BCUT2D eigenvalue weighted by molar-refractivity contribution is -0.873. The topological polar surface area (TPSA) is 83.5 Å². The summed E-state index contributed by atoms with van der Waals surface area (Å²) >= 11 is 0. The van der Waals surface area contributed by atoms with E-state index in [4.69, 9.17) is 4.74 Å². The lowest BCUT2D eigenvalue weighted by atomic mass is 10.2. The molecule has 0 saturated carbocycles. The Labute approximate surface area is 101 Å². The average Bonchev–Trinajstić information content (AvgIpc) is 2.12. The Bertz CT molecular complexity index is 295. The van der Waals surface area contributed by atoms with E-state index in [0.717, 1.165) is 0 Å². The number of hydrogen-bond acceptors (Lipinski definition) is 5. The summed E-state index contributed by atoms with van der Waals surface area (Å²) in [6, 6.07) is 0. The second kappa shape index (κ2) is 6.34.